The zero-order valence-corrected chi connectivity index (χ0v) is 10.3. The molecule has 1 unspecified atom stereocenters. The van der Waals surface area contributed by atoms with Crippen LogP contribution in [0, 0.1) is 0 Å². The quantitative estimate of drug-likeness (QED) is 0.908. The number of aromatic nitrogens is 2. The summed E-state index contributed by atoms with van der Waals surface area (Å²) in [6.45, 7) is 0.506. The number of benzene rings is 1. The molecular weight excluding hydrogens is 240 g/mol. The van der Waals surface area contributed by atoms with Gasteiger partial charge in [0.15, 0.2) is 0 Å². The summed E-state index contributed by atoms with van der Waals surface area (Å²) in [5, 5.41) is 9.97. The standard InChI is InChI=1S/C12H14N2O2.ClH/c1-16-11-4-2-10(3-5-11)12(15)8-14-7-6-13-9-14;/h2-7,9,12,15H,8H2,1H3;1H. The Labute approximate surface area is 106 Å². The fraction of sp³-hybridized carbons (Fsp3) is 0.250. The van der Waals surface area contributed by atoms with E-state index in [9.17, 15) is 5.11 Å². The van der Waals surface area contributed by atoms with Gasteiger partial charge >= 0.3 is 0 Å². The highest BCUT2D eigenvalue weighted by Gasteiger charge is 2.07. The minimum absolute atomic E-state index is 0. The molecule has 0 aliphatic heterocycles. The number of hydrogen-bond acceptors (Lipinski definition) is 3. The first-order chi connectivity index (χ1) is 7.79. The van der Waals surface area contributed by atoms with Crippen molar-refractivity contribution in [2.75, 3.05) is 7.11 Å². The Hall–Kier alpha value is -1.52. The average molecular weight is 255 g/mol. The number of imidazole rings is 1. The fourth-order valence-electron chi connectivity index (χ4n) is 1.53. The van der Waals surface area contributed by atoms with Crippen LogP contribution in [0.5, 0.6) is 5.75 Å². The van der Waals surface area contributed by atoms with Crippen molar-refractivity contribution in [3.63, 3.8) is 0 Å². The molecular formula is C12H15ClN2O2. The van der Waals surface area contributed by atoms with Crippen molar-refractivity contribution >= 4 is 12.4 Å². The molecule has 0 amide bonds. The Bertz CT molecular complexity index is 428. The third kappa shape index (κ3) is 3.47. The lowest BCUT2D eigenvalue weighted by Crippen LogP contribution is -2.06. The van der Waals surface area contributed by atoms with Crippen LogP contribution in [0.25, 0.3) is 0 Å². The maximum atomic E-state index is 9.97. The first-order valence-electron chi connectivity index (χ1n) is 5.07. The van der Waals surface area contributed by atoms with Gasteiger partial charge in [0.25, 0.3) is 0 Å². The monoisotopic (exact) mass is 254 g/mol. The van der Waals surface area contributed by atoms with E-state index in [1.807, 2.05) is 35.0 Å². The van der Waals surface area contributed by atoms with Crippen molar-refractivity contribution in [3.8, 4) is 5.75 Å². The molecule has 0 aliphatic rings. The summed E-state index contributed by atoms with van der Waals surface area (Å²) < 4.78 is 6.90. The fourth-order valence-corrected chi connectivity index (χ4v) is 1.53. The van der Waals surface area contributed by atoms with Crippen LogP contribution in [0.15, 0.2) is 43.0 Å². The second-order valence-corrected chi connectivity index (χ2v) is 3.55. The third-order valence-corrected chi connectivity index (χ3v) is 2.44. The molecule has 0 bridgehead atoms. The number of rotatable bonds is 4. The summed E-state index contributed by atoms with van der Waals surface area (Å²) in [5.74, 6) is 0.790. The molecule has 0 spiro atoms. The number of aliphatic hydroxyl groups excluding tert-OH is 1. The highest BCUT2D eigenvalue weighted by molar-refractivity contribution is 5.85. The molecule has 17 heavy (non-hydrogen) atoms. The maximum Gasteiger partial charge on any atom is 0.118 e. The van der Waals surface area contributed by atoms with Crippen molar-refractivity contribution in [2.45, 2.75) is 12.6 Å². The molecule has 2 rings (SSSR count). The van der Waals surface area contributed by atoms with E-state index in [0.29, 0.717) is 6.54 Å². The van der Waals surface area contributed by atoms with Gasteiger partial charge in [0.05, 0.1) is 26.1 Å². The third-order valence-electron chi connectivity index (χ3n) is 2.44. The van der Waals surface area contributed by atoms with Crippen LogP contribution >= 0.6 is 12.4 Å². The molecule has 2 aromatic rings. The summed E-state index contributed by atoms with van der Waals surface area (Å²) in [6, 6.07) is 7.40. The first-order valence-corrected chi connectivity index (χ1v) is 5.07. The molecule has 1 heterocycles. The van der Waals surface area contributed by atoms with E-state index in [-0.39, 0.29) is 12.4 Å². The van der Waals surface area contributed by atoms with Gasteiger partial charge in [-0.1, -0.05) is 12.1 Å². The molecule has 0 saturated heterocycles. The van der Waals surface area contributed by atoms with Crippen LogP contribution in [-0.2, 0) is 6.54 Å². The Kier molecular flexibility index (Phi) is 5.00. The summed E-state index contributed by atoms with van der Waals surface area (Å²) >= 11 is 0. The van der Waals surface area contributed by atoms with E-state index < -0.39 is 6.10 Å². The van der Waals surface area contributed by atoms with Gasteiger partial charge in [-0.05, 0) is 17.7 Å². The SMILES string of the molecule is COc1ccc(C(O)Cn2ccnc2)cc1.Cl. The molecule has 1 aromatic carbocycles. The van der Waals surface area contributed by atoms with Crippen molar-refractivity contribution < 1.29 is 9.84 Å². The molecule has 0 radical (unpaired) electrons. The van der Waals surface area contributed by atoms with Crippen LogP contribution < -0.4 is 4.74 Å². The first kappa shape index (κ1) is 13.5. The molecule has 92 valence electrons. The number of aliphatic hydroxyl groups is 1. The number of halogens is 1. The van der Waals surface area contributed by atoms with Crippen LogP contribution in [0.2, 0.25) is 0 Å². The predicted octanol–water partition coefficient (Wildman–Crippen LogP) is 2.05. The van der Waals surface area contributed by atoms with E-state index in [0.717, 1.165) is 11.3 Å². The molecule has 4 nitrogen and oxygen atoms in total. The normalized spacial score (nSPS) is 11.6. The van der Waals surface area contributed by atoms with Crippen molar-refractivity contribution in [2.24, 2.45) is 0 Å². The van der Waals surface area contributed by atoms with Crippen molar-refractivity contribution in [1.29, 1.82) is 0 Å². The number of ether oxygens (including phenoxy) is 1. The van der Waals surface area contributed by atoms with Crippen LogP contribution in [-0.4, -0.2) is 21.8 Å². The van der Waals surface area contributed by atoms with Crippen LogP contribution in [0.3, 0.4) is 0 Å². The molecule has 0 aliphatic carbocycles. The van der Waals surface area contributed by atoms with E-state index in [2.05, 4.69) is 4.98 Å². The summed E-state index contributed by atoms with van der Waals surface area (Å²) in [4.78, 5) is 3.93. The second kappa shape index (κ2) is 6.27. The number of hydrogen-bond donors (Lipinski definition) is 1. The highest BCUT2D eigenvalue weighted by Crippen LogP contribution is 2.18. The summed E-state index contributed by atoms with van der Waals surface area (Å²) in [5.41, 5.74) is 0.870. The van der Waals surface area contributed by atoms with Crippen molar-refractivity contribution in [1.82, 2.24) is 9.55 Å². The smallest absolute Gasteiger partial charge is 0.118 e. The molecule has 1 aromatic heterocycles. The minimum Gasteiger partial charge on any atom is -0.497 e. The average Bonchev–Trinajstić information content (AvgIpc) is 2.82. The molecule has 1 atom stereocenters. The highest BCUT2D eigenvalue weighted by atomic mass is 35.5. The van der Waals surface area contributed by atoms with E-state index >= 15 is 0 Å². The van der Waals surface area contributed by atoms with Gasteiger partial charge in [0.2, 0.25) is 0 Å². The minimum atomic E-state index is -0.528. The van der Waals surface area contributed by atoms with E-state index in [1.54, 1.807) is 19.6 Å². The Balaban J connectivity index is 0.00000144. The van der Waals surface area contributed by atoms with E-state index in [4.69, 9.17) is 4.74 Å². The van der Waals surface area contributed by atoms with Gasteiger partial charge < -0.3 is 14.4 Å². The van der Waals surface area contributed by atoms with Gasteiger partial charge in [-0.3, -0.25) is 0 Å². The molecule has 0 saturated carbocycles. The summed E-state index contributed by atoms with van der Waals surface area (Å²) in [7, 11) is 1.62. The van der Waals surface area contributed by atoms with Gasteiger partial charge in [0.1, 0.15) is 5.75 Å². The topological polar surface area (TPSA) is 47.3 Å². The van der Waals surface area contributed by atoms with Gasteiger partial charge in [-0.25, -0.2) is 4.98 Å². The number of methoxy groups -OCH3 is 1. The van der Waals surface area contributed by atoms with Gasteiger partial charge in [0, 0.05) is 12.4 Å². The van der Waals surface area contributed by atoms with Crippen molar-refractivity contribution in [3.05, 3.63) is 48.5 Å². The largest absolute Gasteiger partial charge is 0.497 e. The van der Waals surface area contributed by atoms with E-state index in [1.165, 1.54) is 0 Å². The zero-order chi connectivity index (χ0) is 11.4. The number of nitrogens with zero attached hydrogens (tertiary/aromatic N) is 2. The Morgan fingerprint density at radius 3 is 2.59 bits per heavy atom. The second-order valence-electron chi connectivity index (χ2n) is 3.55. The molecule has 0 fully saturated rings. The Morgan fingerprint density at radius 1 is 1.35 bits per heavy atom. The molecule has 5 heteroatoms. The Morgan fingerprint density at radius 2 is 2.06 bits per heavy atom. The lowest BCUT2D eigenvalue weighted by molar-refractivity contribution is 0.156. The lowest BCUT2D eigenvalue weighted by Gasteiger charge is -2.11. The van der Waals surface area contributed by atoms with Crippen LogP contribution in [0.1, 0.15) is 11.7 Å². The zero-order valence-electron chi connectivity index (χ0n) is 9.48. The van der Waals surface area contributed by atoms with Crippen LogP contribution in [0.4, 0.5) is 0 Å². The lowest BCUT2D eigenvalue weighted by atomic mass is 10.1. The predicted molar refractivity (Wildman–Crippen MR) is 67.4 cm³/mol. The van der Waals surface area contributed by atoms with Gasteiger partial charge in [-0.15, -0.1) is 12.4 Å². The summed E-state index contributed by atoms with van der Waals surface area (Å²) in [6.07, 6.45) is 4.68. The maximum absolute atomic E-state index is 9.97. The molecule has 1 N–H and O–H groups in total. The van der Waals surface area contributed by atoms with Gasteiger partial charge in [-0.2, -0.15) is 0 Å².